The summed E-state index contributed by atoms with van der Waals surface area (Å²) in [4.78, 5) is 44.5. The van der Waals surface area contributed by atoms with Crippen molar-refractivity contribution in [1.29, 1.82) is 0 Å². The van der Waals surface area contributed by atoms with E-state index in [9.17, 15) is 19.2 Å². The topological polar surface area (TPSA) is 134 Å². The van der Waals surface area contributed by atoms with Crippen LogP contribution >= 0.6 is 0 Å². The Balaban J connectivity index is 4.03. The van der Waals surface area contributed by atoms with Gasteiger partial charge >= 0.3 is 5.97 Å². The Morgan fingerprint density at radius 2 is 1.80 bits per heavy atom. The van der Waals surface area contributed by atoms with Crippen LogP contribution in [0.4, 0.5) is 0 Å². The standard InChI is InChI=1S/C11H17N3O6/c1-3-8(16)12-4-9(17)13-5-10(18)14-7(6-15)11(19)20-2/h3,7,15H,1,4-6H2,2H3,(H,12,16)(H,13,17)(H,14,18)/t7-/m0/s1. The van der Waals surface area contributed by atoms with Crippen LogP contribution in [0.3, 0.4) is 0 Å². The summed E-state index contributed by atoms with van der Waals surface area (Å²) in [6, 6.07) is -1.19. The molecule has 0 aliphatic rings. The smallest absolute Gasteiger partial charge is 0.330 e. The average Bonchev–Trinajstić information content (AvgIpc) is 2.46. The number of methoxy groups -OCH3 is 1. The van der Waals surface area contributed by atoms with Gasteiger partial charge in [-0.1, -0.05) is 6.58 Å². The number of nitrogens with one attached hydrogen (secondary N) is 3. The monoisotopic (exact) mass is 287 g/mol. The van der Waals surface area contributed by atoms with E-state index < -0.39 is 42.9 Å². The molecule has 0 bridgehead atoms. The quantitative estimate of drug-likeness (QED) is 0.279. The van der Waals surface area contributed by atoms with Crippen molar-refractivity contribution in [2.75, 3.05) is 26.8 Å². The van der Waals surface area contributed by atoms with Gasteiger partial charge in [-0.15, -0.1) is 0 Å². The molecule has 20 heavy (non-hydrogen) atoms. The van der Waals surface area contributed by atoms with E-state index in [0.29, 0.717) is 0 Å². The highest BCUT2D eigenvalue weighted by molar-refractivity contribution is 5.92. The van der Waals surface area contributed by atoms with Gasteiger partial charge in [0.1, 0.15) is 0 Å². The number of carbonyl (C=O) groups excluding carboxylic acids is 4. The lowest BCUT2D eigenvalue weighted by atomic mass is 10.3. The highest BCUT2D eigenvalue weighted by Crippen LogP contribution is 1.86. The maximum atomic E-state index is 11.4. The van der Waals surface area contributed by atoms with Crippen molar-refractivity contribution in [2.24, 2.45) is 0 Å². The molecule has 0 heterocycles. The van der Waals surface area contributed by atoms with Crippen LogP contribution in [0.5, 0.6) is 0 Å². The molecule has 9 nitrogen and oxygen atoms in total. The number of amides is 3. The highest BCUT2D eigenvalue weighted by atomic mass is 16.5. The van der Waals surface area contributed by atoms with Crippen LogP contribution in [0.2, 0.25) is 0 Å². The summed E-state index contributed by atoms with van der Waals surface area (Å²) in [6.45, 7) is 1.87. The Hall–Kier alpha value is -2.42. The Bertz CT molecular complexity index is 396. The summed E-state index contributed by atoms with van der Waals surface area (Å²) >= 11 is 0. The first-order chi connectivity index (χ1) is 9.44. The van der Waals surface area contributed by atoms with E-state index in [1.54, 1.807) is 0 Å². The average molecular weight is 287 g/mol. The van der Waals surface area contributed by atoms with Crippen molar-refractivity contribution < 1.29 is 29.0 Å². The maximum Gasteiger partial charge on any atom is 0.330 e. The SMILES string of the molecule is C=CC(=O)NCC(=O)NCC(=O)N[C@@H](CO)C(=O)OC. The molecule has 0 saturated heterocycles. The Morgan fingerprint density at radius 3 is 2.30 bits per heavy atom. The second-order valence-corrected chi connectivity index (χ2v) is 3.52. The van der Waals surface area contributed by atoms with Gasteiger partial charge in [-0.25, -0.2) is 4.79 Å². The van der Waals surface area contributed by atoms with Crippen LogP contribution < -0.4 is 16.0 Å². The molecule has 0 spiro atoms. The fraction of sp³-hybridized carbons (Fsp3) is 0.455. The van der Waals surface area contributed by atoms with E-state index in [1.165, 1.54) is 0 Å². The van der Waals surface area contributed by atoms with Crippen molar-refractivity contribution in [1.82, 2.24) is 16.0 Å². The Morgan fingerprint density at radius 1 is 1.20 bits per heavy atom. The molecule has 0 unspecified atom stereocenters. The van der Waals surface area contributed by atoms with Crippen LogP contribution in [0, 0.1) is 0 Å². The first-order valence-electron chi connectivity index (χ1n) is 5.59. The first-order valence-corrected chi connectivity index (χ1v) is 5.59. The molecule has 112 valence electrons. The molecular formula is C11H17N3O6. The zero-order valence-electron chi connectivity index (χ0n) is 11.0. The lowest BCUT2D eigenvalue weighted by Crippen LogP contribution is -2.48. The molecule has 9 heteroatoms. The van der Waals surface area contributed by atoms with Crippen molar-refractivity contribution in [2.45, 2.75) is 6.04 Å². The summed E-state index contributed by atoms with van der Waals surface area (Å²) in [5.74, 6) is -2.59. The minimum absolute atomic E-state index is 0.307. The Labute approximate surface area is 115 Å². The molecule has 1 atom stereocenters. The van der Waals surface area contributed by atoms with Crippen molar-refractivity contribution in [3.8, 4) is 0 Å². The summed E-state index contributed by atoms with van der Waals surface area (Å²) in [6.07, 6.45) is 1.00. The largest absolute Gasteiger partial charge is 0.467 e. The number of hydrogen-bond acceptors (Lipinski definition) is 6. The minimum atomic E-state index is -1.19. The Kier molecular flexibility index (Phi) is 8.35. The van der Waals surface area contributed by atoms with Crippen LogP contribution in [-0.2, 0) is 23.9 Å². The molecule has 0 aromatic carbocycles. The minimum Gasteiger partial charge on any atom is -0.467 e. The van der Waals surface area contributed by atoms with Gasteiger partial charge in [-0.3, -0.25) is 14.4 Å². The van der Waals surface area contributed by atoms with Gasteiger partial charge in [0.2, 0.25) is 17.7 Å². The lowest BCUT2D eigenvalue weighted by molar-refractivity contribution is -0.146. The van der Waals surface area contributed by atoms with Gasteiger partial charge in [0.15, 0.2) is 6.04 Å². The molecule has 0 aliphatic carbocycles. The van der Waals surface area contributed by atoms with Crippen LogP contribution in [0.25, 0.3) is 0 Å². The predicted octanol–water partition coefficient (Wildman–Crippen LogP) is -2.95. The zero-order chi connectivity index (χ0) is 15.5. The molecule has 0 saturated carbocycles. The number of aliphatic hydroxyl groups excluding tert-OH is 1. The van der Waals surface area contributed by atoms with Gasteiger partial charge in [0, 0.05) is 0 Å². The number of hydrogen-bond donors (Lipinski definition) is 4. The molecule has 0 aromatic rings. The second-order valence-electron chi connectivity index (χ2n) is 3.52. The molecular weight excluding hydrogens is 270 g/mol. The number of carbonyl (C=O) groups is 4. The predicted molar refractivity (Wildman–Crippen MR) is 67.2 cm³/mol. The van der Waals surface area contributed by atoms with Gasteiger partial charge < -0.3 is 25.8 Å². The van der Waals surface area contributed by atoms with E-state index in [2.05, 4.69) is 27.3 Å². The van der Waals surface area contributed by atoms with Gasteiger partial charge in [0.25, 0.3) is 0 Å². The van der Waals surface area contributed by atoms with Crippen LogP contribution in [0.1, 0.15) is 0 Å². The van der Waals surface area contributed by atoms with Crippen molar-refractivity contribution in [3.05, 3.63) is 12.7 Å². The molecule has 0 aliphatic heterocycles. The van der Waals surface area contributed by atoms with E-state index in [4.69, 9.17) is 5.11 Å². The molecule has 0 aromatic heterocycles. The lowest BCUT2D eigenvalue weighted by Gasteiger charge is -2.14. The zero-order valence-corrected chi connectivity index (χ0v) is 11.0. The molecule has 4 N–H and O–H groups in total. The summed E-state index contributed by atoms with van der Waals surface area (Å²) in [7, 11) is 1.11. The van der Waals surface area contributed by atoms with E-state index in [1.807, 2.05) is 0 Å². The number of rotatable bonds is 8. The third kappa shape index (κ3) is 7.11. The summed E-state index contributed by atoms with van der Waals surface area (Å²) in [5.41, 5.74) is 0. The fourth-order valence-electron chi connectivity index (χ4n) is 1.05. The van der Waals surface area contributed by atoms with Gasteiger partial charge in [-0.2, -0.15) is 0 Å². The molecule has 3 amide bonds. The van der Waals surface area contributed by atoms with Gasteiger partial charge in [-0.05, 0) is 6.08 Å². The number of esters is 1. The third-order valence-corrected chi connectivity index (χ3v) is 2.06. The van der Waals surface area contributed by atoms with E-state index >= 15 is 0 Å². The summed E-state index contributed by atoms with van der Waals surface area (Å²) < 4.78 is 4.35. The van der Waals surface area contributed by atoms with Gasteiger partial charge in [0.05, 0.1) is 26.8 Å². The highest BCUT2D eigenvalue weighted by Gasteiger charge is 2.20. The van der Waals surface area contributed by atoms with Crippen LogP contribution in [-0.4, -0.2) is 61.6 Å². The second kappa shape index (κ2) is 9.50. The number of aliphatic hydroxyl groups is 1. The van der Waals surface area contributed by atoms with E-state index in [0.717, 1.165) is 13.2 Å². The van der Waals surface area contributed by atoms with Crippen molar-refractivity contribution in [3.63, 3.8) is 0 Å². The molecule has 0 fully saturated rings. The molecule has 0 rings (SSSR count). The van der Waals surface area contributed by atoms with Crippen molar-refractivity contribution >= 4 is 23.7 Å². The first kappa shape index (κ1) is 17.6. The van der Waals surface area contributed by atoms with Crippen LogP contribution in [0.15, 0.2) is 12.7 Å². The number of ether oxygens (including phenoxy) is 1. The normalized spacial score (nSPS) is 10.9. The fourth-order valence-corrected chi connectivity index (χ4v) is 1.05. The van der Waals surface area contributed by atoms with E-state index in [-0.39, 0.29) is 6.54 Å². The third-order valence-electron chi connectivity index (χ3n) is 2.06. The molecule has 0 radical (unpaired) electrons. The summed E-state index contributed by atoms with van der Waals surface area (Å²) in [5, 5.41) is 15.5. The maximum absolute atomic E-state index is 11.4.